The van der Waals surface area contributed by atoms with E-state index in [4.69, 9.17) is 11.0 Å². The van der Waals surface area contributed by atoms with Crippen molar-refractivity contribution in [2.45, 2.75) is 12.7 Å². The summed E-state index contributed by atoms with van der Waals surface area (Å²) in [6.45, 7) is -0.148. The predicted octanol–water partition coefficient (Wildman–Crippen LogP) is 1.82. The molecule has 1 aromatic rings. The lowest BCUT2D eigenvalue weighted by atomic mass is 9.98. The van der Waals surface area contributed by atoms with Gasteiger partial charge >= 0.3 is 12.1 Å². The molecule has 4 nitrogen and oxygen atoms in total. The number of nitrogens with two attached hydrogens (primary N) is 1. The second kappa shape index (κ2) is 5.06. The van der Waals surface area contributed by atoms with E-state index >= 15 is 0 Å². The van der Waals surface area contributed by atoms with E-state index in [2.05, 4.69) is 4.74 Å². The Kier molecular flexibility index (Phi) is 3.93. The van der Waals surface area contributed by atoms with Crippen LogP contribution < -0.4 is 5.73 Å². The number of carbonyl (C=O) groups is 1. The molecule has 0 aromatic heterocycles. The first-order chi connectivity index (χ1) is 8.35. The number of rotatable bonds is 2. The highest BCUT2D eigenvalue weighted by Crippen LogP contribution is 2.34. The monoisotopic (exact) mass is 258 g/mol. The van der Waals surface area contributed by atoms with Gasteiger partial charge in [-0.05, 0) is 17.7 Å². The first-order valence-corrected chi connectivity index (χ1v) is 4.77. The zero-order valence-electron chi connectivity index (χ0n) is 9.34. The molecule has 18 heavy (non-hydrogen) atoms. The number of halogens is 3. The molecule has 96 valence electrons. The van der Waals surface area contributed by atoms with E-state index in [0.29, 0.717) is 6.07 Å². The predicted molar refractivity (Wildman–Crippen MR) is 55.4 cm³/mol. The molecule has 2 N–H and O–H groups in total. The van der Waals surface area contributed by atoms with E-state index in [-0.39, 0.29) is 17.7 Å². The first-order valence-electron chi connectivity index (χ1n) is 4.77. The van der Waals surface area contributed by atoms with Gasteiger partial charge in [0, 0.05) is 6.54 Å². The van der Waals surface area contributed by atoms with Gasteiger partial charge in [-0.1, -0.05) is 0 Å². The number of hydrogen-bond acceptors (Lipinski definition) is 4. The molecule has 0 fully saturated rings. The molecule has 0 radical (unpaired) electrons. The Morgan fingerprint density at radius 3 is 2.50 bits per heavy atom. The third-order valence-electron chi connectivity index (χ3n) is 2.29. The Bertz CT molecular complexity index is 518. The summed E-state index contributed by atoms with van der Waals surface area (Å²) in [5.41, 5.74) is 3.40. The molecule has 0 aliphatic rings. The topological polar surface area (TPSA) is 76.1 Å². The van der Waals surface area contributed by atoms with Gasteiger partial charge in [-0.25, -0.2) is 4.79 Å². The quantitative estimate of drug-likeness (QED) is 0.821. The van der Waals surface area contributed by atoms with Crippen LogP contribution in [-0.4, -0.2) is 13.1 Å². The van der Waals surface area contributed by atoms with Gasteiger partial charge in [0.2, 0.25) is 0 Å². The Morgan fingerprint density at radius 2 is 2.11 bits per heavy atom. The molecule has 7 heteroatoms. The van der Waals surface area contributed by atoms with Crippen molar-refractivity contribution >= 4 is 5.97 Å². The maximum atomic E-state index is 12.7. The van der Waals surface area contributed by atoms with Gasteiger partial charge in [0.15, 0.2) is 0 Å². The van der Waals surface area contributed by atoms with Crippen LogP contribution in [0.4, 0.5) is 13.2 Å². The number of hydrogen-bond donors (Lipinski definition) is 1. The van der Waals surface area contributed by atoms with Crippen molar-refractivity contribution in [2.75, 3.05) is 7.11 Å². The van der Waals surface area contributed by atoms with E-state index in [1.807, 2.05) is 0 Å². The zero-order valence-corrected chi connectivity index (χ0v) is 9.34. The second-order valence-electron chi connectivity index (χ2n) is 3.36. The van der Waals surface area contributed by atoms with E-state index in [0.717, 1.165) is 13.2 Å². The van der Waals surface area contributed by atoms with Gasteiger partial charge in [0.05, 0.1) is 29.9 Å². The number of ether oxygens (including phenoxy) is 1. The highest BCUT2D eigenvalue weighted by Gasteiger charge is 2.36. The smallest absolute Gasteiger partial charge is 0.417 e. The molecular weight excluding hydrogens is 249 g/mol. The summed E-state index contributed by atoms with van der Waals surface area (Å²) in [5, 5.41) is 8.74. The van der Waals surface area contributed by atoms with Gasteiger partial charge < -0.3 is 10.5 Å². The average Bonchev–Trinajstić information content (AvgIpc) is 2.34. The fourth-order valence-corrected chi connectivity index (χ4v) is 1.43. The van der Waals surface area contributed by atoms with Crippen molar-refractivity contribution in [3.63, 3.8) is 0 Å². The third-order valence-corrected chi connectivity index (χ3v) is 2.29. The van der Waals surface area contributed by atoms with Crippen LogP contribution in [0.2, 0.25) is 0 Å². The number of alkyl halides is 3. The van der Waals surface area contributed by atoms with Gasteiger partial charge in [-0.15, -0.1) is 0 Å². The molecule has 0 saturated carbocycles. The van der Waals surface area contributed by atoms with Crippen molar-refractivity contribution in [1.29, 1.82) is 5.26 Å². The molecular formula is C11H9F3N2O2. The Morgan fingerprint density at radius 1 is 1.50 bits per heavy atom. The minimum atomic E-state index is -4.75. The van der Waals surface area contributed by atoms with Gasteiger partial charge in [-0.2, -0.15) is 18.4 Å². The minimum absolute atomic E-state index is 0.148. The molecule has 0 aliphatic carbocycles. The van der Waals surface area contributed by atoms with Crippen molar-refractivity contribution in [3.8, 4) is 6.07 Å². The number of nitrogens with zero attached hydrogens (tertiary/aromatic N) is 1. The molecule has 0 amide bonds. The van der Waals surface area contributed by atoms with Crippen molar-refractivity contribution < 1.29 is 22.7 Å². The molecule has 0 spiro atoms. The maximum Gasteiger partial charge on any atom is 0.417 e. The van der Waals surface area contributed by atoms with E-state index in [1.54, 1.807) is 6.07 Å². The summed E-state index contributed by atoms with van der Waals surface area (Å²) in [4.78, 5) is 11.3. The lowest BCUT2D eigenvalue weighted by molar-refractivity contribution is -0.138. The highest BCUT2D eigenvalue weighted by atomic mass is 19.4. The molecule has 0 atom stereocenters. The highest BCUT2D eigenvalue weighted by molar-refractivity contribution is 5.91. The maximum absolute atomic E-state index is 12.7. The van der Waals surface area contributed by atoms with Gasteiger partial charge in [0.25, 0.3) is 0 Å². The van der Waals surface area contributed by atoms with Gasteiger partial charge in [-0.3, -0.25) is 0 Å². The minimum Gasteiger partial charge on any atom is -0.465 e. The Labute approximate surface area is 101 Å². The van der Waals surface area contributed by atoms with E-state index < -0.39 is 23.3 Å². The fourth-order valence-electron chi connectivity index (χ4n) is 1.43. The summed E-state index contributed by atoms with van der Waals surface area (Å²) < 4.78 is 42.5. The van der Waals surface area contributed by atoms with Crippen LogP contribution in [0.3, 0.4) is 0 Å². The van der Waals surface area contributed by atoms with Crippen molar-refractivity contribution in [2.24, 2.45) is 5.73 Å². The van der Waals surface area contributed by atoms with E-state index in [1.165, 1.54) is 0 Å². The standard InChI is InChI=1S/C11H9F3N2O2/c1-18-10(17)8-2-6(4-15)7(5-16)3-9(8)11(12,13)14/h2-3H,4,15H2,1H3. The summed E-state index contributed by atoms with van der Waals surface area (Å²) in [6, 6.07) is 3.15. The fraction of sp³-hybridized carbons (Fsp3) is 0.273. The van der Waals surface area contributed by atoms with Gasteiger partial charge in [0.1, 0.15) is 0 Å². The SMILES string of the molecule is COC(=O)c1cc(CN)c(C#N)cc1C(F)(F)F. The van der Waals surface area contributed by atoms with Crippen LogP contribution in [-0.2, 0) is 17.5 Å². The zero-order chi connectivity index (χ0) is 13.9. The molecule has 0 bridgehead atoms. The number of methoxy groups -OCH3 is 1. The van der Waals surface area contributed by atoms with E-state index in [9.17, 15) is 18.0 Å². The second-order valence-corrected chi connectivity index (χ2v) is 3.36. The van der Waals surface area contributed by atoms with Crippen LogP contribution in [0.25, 0.3) is 0 Å². The van der Waals surface area contributed by atoms with Crippen molar-refractivity contribution in [3.05, 3.63) is 34.4 Å². The molecule has 0 heterocycles. The van der Waals surface area contributed by atoms with Crippen LogP contribution in [0.15, 0.2) is 12.1 Å². The average molecular weight is 258 g/mol. The molecule has 1 rings (SSSR count). The number of nitriles is 1. The van der Waals surface area contributed by atoms with Crippen LogP contribution in [0.5, 0.6) is 0 Å². The van der Waals surface area contributed by atoms with Crippen LogP contribution in [0.1, 0.15) is 27.0 Å². The summed E-state index contributed by atoms with van der Waals surface area (Å²) in [5.74, 6) is -1.12. The molecule has 0 aliphatic heterocycles. The van der Waals surface area contributed by atoms with Crippen LogP contribution in [0, 0.1) is 11.3 Å². The number of carbonyl (C=O) groups excluding carboxylic acids is 1. The molecule has 0 saturated heterocycles. The molecule has 0 unspecified atom stereocenters. The number of benzene rings is 1. The number of esters is 1. The molecule has 1 aromatic carbocycles. The summed E-state index contributed by atoms with van der Waals surface area (Å²) in [6.07, 6.45) is -4.75. The Balaban J connectivity index is 3.58. The van der Waals surface area contributed by atoms with Crippen molar-refractivity contribution in [1.82, 2.24) is 0 Å². The lowest BCUT2D eigenvalue weighted by Crippen LogP contribution is -2.16. The van der Waals surface area contributed by atoms with Crippen LogP contribution >= 0.6 is 0 Å². The first kappa shape index (κ1) is 14.0. The largest absolute Gasteiger partial charge is 0.465 e. The Hall–Kier alpha value is -2.07. The normalized spacial score (nSPS) is 10.9. The lowest BCUT2D eigenvalue weighted by Gasteiger charge is -2.13. The summed E-state index contributed by atoms with van der Waals surface area (Å²) >= 11 is 0. The summed E-state index contributed by atoms with van der Waals surface area (Å²) in [7, 11) is 0.975. The third kappa shape index (κ3) is 2.60.